The topological polar surface area (TPSA) is 195 Å². The summed E-state index contributed by atoms with van der Waals surface area (Å²) in [5, 5.41) is 20.8. The van der Waals surface area contributed by atoms with Gasteiger partial charge in [-0.15, -0.1) is 0 Å². The van der Waals surface area contributed by atoms with Crippen molar-refractivity contribution in [2.24, 2.45) is 11.8 Å². The molecule has 7 heterocycles. The molecule has 0 bridgehead atoms. The first-order valence-electron chi connectivity index (χ1n) is 22.0. The molecule has 62 heavy (non-hydrogen) atoms. The van der Waals surface area contributed by atoms with E-state index in [4.69, 9.17) is 20.4 Å². The molecule has 326 valence electrons. The smallest absolute Gasteiger partial charge is 0.258 e. The highest BCUT2D eigenvalue weighted by Gasteiger charge is 2.36. The number of hydrogen-bond acceptors (Lipinski definition) is 13. The van der Waals surface area contributed by atoms with Gasteiger partial charge in [-0.05, 0) is 79.4 Å². The van der Waals surface area contributed by atoms with Gasteiger partial charge in [-0.1, -0.05) is 32.0 Å². The fourth-order valence-electron chi connectivity index (χ4n) is 9.77. The number of phenolic OH excluding ortho intramolecular Hbond substituents is 2. The summed E-state index contributed by atoms with van der Waals surface area (Å²) in [4.78, 5) is 69.8. The van der Waals surface area contributed by atoms with Gasteiger partial charge in [0.15, 0.2) is 5.82 Å². The summed E-state index contributed by atoms with van der Waals surface area (Å²) in [5.41, 5.74) is 12.5. The predicted molar refractivity (Wildman–Crippen MR) is 231 cm³/mol. The van der Waals surface area contributed by atoms with Crippen LogP contribution in [0.15, 0.2) is 42.7 Å². The predicted octanol–water partition coefficient (Wildman–Crippen LogP) is 4.08. The summed E-state index contributed by atoms with van der Waals surface area (Å²) in [6, 6.07) is 9.25. The van der Waals surface area contributed by atoms with Crippen LogP contribution in [0.4, 0.5) is 11.8 Å². The van der Waals surface area contributed by atoms with Gasteiger partial charge in [0.2, 0.25) is 17.8 Å². The monoisotopic (exact) mass is 844 g/mol. The van der Waals surface area contributed by atoms with Crippen molar-refractivity contribution < 1.29 is 29.3 Å². The fraction of sp³-hybridized carbons (Fsp3) is 0.500. The lowest BCUT2D eigenvalue weighted by Gasteiger charge is -2.39. The van der Waals surface area contributed by atoms with Crippen molar-refractivity contribution in [3.8, 4) is 22.9 Å². The molecule has 0 spiro atoms. The van der Waals surface area contributed by atoms with E-state index in [-0.39, 0.29) is 58.5 Å². The van der Waals surface area contributed by atoms with Crippen molar-refractivity contribution in [2.45, 2.75) is 78.0 Å². The molecule has 2 aromatic carbocycles. The minimum atomic E-state index is -0.256. The van der Waals surface area contributed by atoms with E-state index in [1.54, 1.807) is 23.4 Å². The third kappa shape index (κ3) is 8.49. The standard InChI is InChI=1S/C46H56N10O6/c1-28(2)36-20-37(40(58)21-39(36)57)45(61)56-25-32-4-3-29(19-33(32)26-56)24-52-10-5-30(6-11-52)43(59)54-12-7-31(8-13-54)44(60)55-14-9-35-38(27-55)50-41(34-22-48-46(47)49-23-34)51-42(35)53-15-17-62-18-16-53/h3-4,19-23,28,30-31,57-58H,5-18,24-27H2,1-2H3,(H2,47,48,49). The Hall–Kier alpha value is -5.87. The van der Waals surface area contributed by atoms with Crippen LogP contribution in [0, 0.1) is 11.8 Å². The second kappa shape index (κ2) is 17.5. The Morgan fingerprint density at radius 2 is 1.45 bits per heavy atom. The Labute approximate surface area is 361 Å². The van der Waals surface area contributed by atoms with Gasteiger partial charge in [0.1, 0.15) is 17.3 Å². The number of nitrogens with zero attached hydrogens (tertiary/aromatic N) is 9. The molecule has 4 N–H and O–H groups in total. The molecule has 16 heteroatoms. The van der Waals surface area contributed by atoms with Crippen molar-refractivity contribution >= 4 is 29.5 Å². The van der Waals surface area contributed by atoms with Crippen LogP contribution in [0.25, 0.3) is 11.4 Å². The molecule has 9 rings (SSSR count). The van der Waals surface area contributed by atoms with Gasteiger partial charge in [-0.2, -0.15) is 0 Å². The van der Waals surface area contributed by atoms with Crippen molar-refractivity contribution in [1.29, 1.82) is 0 Å². The van der Waals surface area contributed by atoms with E-state index in [1.165, 1.54) is 11.6 Å². The van der Waals surface area contributed by atoms with Crippen LogP contribution in [-0.4, -0.2) is 126 Å². The highest BCUT2D eigenvalue weighted by Crippen LogP contribution is 2.36. The Kier molecular flexibility index (Phi) is 11.7. The molecule has 5 aliphatic rings. The second-order valence-corrected chi connectivity index (χ2v) is 17.7. The minimum absolute atomic E-state index is 0.00542. The average Bonchev–Trinajstić information content (AvgIpc) is 3.72. The Balaban J connectivity index is 0.759. The van der Waals surface area contributed by atoms with Crippen LogP contribution in [0.1, 0.15) is 89.3 Å². The molecule has 4 aromatic rings. The van der Waals surface area contributed by atoms with E-state index in [0.717, 1.165) is 73.8 Å². The molecule has 0 unspecified atom stereocenters. The molecule has 0 saturated carbocycles. The molecule has 3 saturated heterocycles. The van der Waals surface area contributed by atoms with Crippen LogP contribution in [0.5, 0.6) is 11.5 Å². The number of nitrogens with two attached hydrogens (primary N) is 1. The number of morpholine rings is 1. The zero-order valence-electron chi connectivity index (χ0n) is 35.6. The number of likely N-dealkylation sites (tertiary alicyclic amines) is 2. The van der Waals surface area contributed by atoms with Crippen LogP contribution in [0.2, 0.25) is 0 Å². The number of ether oxygens (including phenoxy) is 1. The third-order valence-electron chi connectivity index (χ3n) is 13.4. The maximum atomic E-state index is 14.0. The number of hydrogen-bond donors (Lipinski definition) is 3. The van der Waals surface area contributed by atoms with Gasteiger partial charge in [0, 0.05) is 88.2 Å². The molecule has 0 aliphatic carbocycles. The number of piperidine rings is 2. The summed E-state index contributed by atoms with van der Waals surface area (Å²) < 4.78 is 5.61. The lowest BCUT2D eigenvalue weighted by atomic mass is 9.90. The van der Waals surface area contributed by atoms with Gasteiger partial charge in [-0.25, -0.2) is 19.9 Å². The molecule has 16 nitrogen and oxygen atoms in total. The van der Waals surface area contributed by atoms with Crippen molar-refractivity contribution in [3.63, 3.8) is 0 Å². The summed E-state index contributed by atoms with van der Waals surface area (Å²) in [5.74, 6) is 1.27. The second-order valence-electron chi connectivity index (χ2n) is 17.7. The van der Waals surface area contributed by atoms with E-state index in [9.17, 15) is 24.6 Å². The average molecular weight is 845 g/mol. The number of anilines is 2. The number of aromatic nitrogens is 4. The normalized spacial score (nSPS) is 18.9. The first kappa shape index (κ1) is 41.5. The first-order chi connectivity index (χ1) is 30.0. The molecule has 2 aromatic heterocycles. The molecule has 5 aliphatic heterocycles. The number of nitrogen functional groups attached to an aromatic ring is 1. The van der Waals surface area contributed by atoms with E-state index in [0.29, 0.717) is 88.7 Å². The molecule has 0 atom stereocenters. The number of aromatic hydroxyl groups is 2. The third-order valence-corrected chi connectivity index (χ3v) is 13.4. The highest BCUT2D eigenvalue weighted by molar-refractivity contribution is 5.97. The number of carbonyl (C=O) groups excluding carboxylic acids is 3. The SMILES string of the molecule is CC(C)c1cc(C(=O)N2Cc3ccc(CN4CCC(C(=O)N5CCC(C(=O)N6CCc7c(nc(-c8cnc(N)nc8)nc7N7CCOCC7)C6)CC5)CC4)cc3C2)c(O)cc1O. The number of rotatable bonds is 8. The molecule has 3 fully saturated rings. The van der Waals surface area contributed by atoms with E-state index >= 15 is 0 Å². The van der Waals surface area contributed by atoms with Crippen LogP contribution in [-0.2, 0) is 46.9 Å². The number of phenols is 2. The van der Waals surface area contributed by atoms with Gasteiger partial charge in [-0.3, -0.25) is 19.3 Å². The van der Waals surface area contributed by atoms with Gasteiger partial charge in [0.25, 0.3) is 5.91 Å². The summed E-state index contributed by atoms with van der Waals surface area (Å²) >= 11 is 0. The van der Waals surface area contributed by atoms with Crippen LogP contribution in [0.3, 0.4) is 0 Å². The van der Waals surface area contributed by atoms with Crippen molar-refractivity contribution in [2.75, 3.05) is 69.7 Å². The van der Waals surface area contributed by atoms with Gasteiger partial charge >= 0.3 is 0 Å². The van der Waals surface area contributed by atoms with E-state index < -0.39 is 0 Å². The largest absolute Gasteiger partial charge is 0.508 e. The van der Waals surface area contributed by atoms with Gasteiger partial charge in [0.05, 0.1) is 36.6 Å². The Morgan fingerprint density at radius 1 is 0.774 bits per heavy atom. The van der Waals surface area contributed by atoms with E-state index in [2.05, 4.69) is 38.0 Å². The lowest BCUT2D eigenvalue weighted by molar-refractivity contribution is -0.144. The molecule has 3 amide bonds. The number of carbonyl (C=O) groups is 3. The van der Waals surface area contributed by atoms with Crippen molar-refractivity contribution in [3.05, 3.63) is 81.8 Å². The maximum absolute atomic E-state index is 14.0. The van der Waals surface area contributed by atoms with Gasteiger partial charge < -0.3 is 40.3 Å². The minimum Gasteiger partial charge on any atom is -0.508 e. The Morgan fingerprint density at radius 3 is 2.16 bits per heavy atom. The number of amides is 3. The zero-order chi connectivity index (χ0) is 43.1. The lowest BCUT2D eigenvalue weighted by Crippen LogP contribution is -2.48. The highest BCUT2D eigenvalue weighted by atomic mass is 16.5. The zero-order valence-corrected chi connectivity index (χ0v) is 35.6. The van der Waals surface area contributed by atoms with Crippen LogP contribution >= 0.6 is 0 Å². The molecular weight excluding hydrogens is 789 g/mol. The summed E-state index contributed by atoms with van der Waals surface area (Å²) in [7, 11) is 0. The molecular formula is C46H56N10O6. The van der Waals surface area contributed by atoms with Crippen LogP contribution < -0.4 is 10.6 Å². The molecule has 0 radical (unpaired) electrons. The summed E-state index contributed by atoms with van der Waals surface area (Å²) in [6.45, 7) is 12.1. The fourth-order valence-corrected chi connectivity index (χ4v) is 9.77. The number of benzene rings is 2. The Bertz CT molecular complexity index is 2340. The van der Waals surface area contributed by atoms with Crippen molar-refractivity contribution in [1.82, 2.24) is 39.5 Å². The summed E-state index contributed by atoms with van der Waals surface area (Å²) in [6.07, 6.45) is 6.83. The number of fused-ring (bicyclic) bond motifs is 2. The van der Waals surface area contributed by atoms with E-state index in [1.807, 2.05) is 23.6 Å². The maximum Gasteiger partial charge on any atom is 0.258 e. The first-order valence-corrected chi connectivity index (χ1v) is 22.0. The quantitative estimate of drug-likeness (QED) is 0.230.